The van der Waals surface area contributed by atoms with E-state index >= 15 is 0 Å². The van der Waals surface area contributed by atoms with Crippen LogP contribution in [0.5, 0.6) is 5.75 Å². The average Bonchev–Trinajstić information content (AvgIpc) is 2.52. The third kappa shape index (κ3) is 2.66. The highest BCUT2D eigenvalue weighted by Gasteiger charge is 2.28. The maximum atomic E-state index is 14.2. The molecule has 1 aliphatic carbocycles. The molecule has 3 rings (SSSR count). The molecule has 0 saturated heterocycles. The SMILES string of the molecule is COc1cccc(CC2CCc3ccccc3C2O)c1F. The van der Waals surface area contributed by atoms with E-state index in [1.54, 1.807) is 18.2 Å². The van der Waals surface area contributed by atoms with Gasteiger partial charge in [0.1, 0.15) is 0 Å². The van der Waals surface area contributed by atoms with E-state index in [4.69, 9.17) is 4.74 Å². The van der Waals surface area contributed by atoms with E-state index in [9.17, 15) is 9.50 Å². The van der Waals surface area contributed by atoms with Crippen LogP contribution in [0.1, 0.15) is 29.2 Å². The average molecular weight is 286 g/mol. The molecule has 0 aromatic heterocycles. The van der Waals surface area contributed by atoms with E-state index in [-0.39, 0.29) is 17.5 Å². The number of fused-ring (bicyclic) bond motifs is 1. The minimum Gasteiger partial charge on any atom is -0.494 e. The second-order valence-electron chi connectivity index (χ2n) is 5.58. The van der Waals surface area contributed by atoms with Gasteiger partial charge in [0.15, 0.2) is 11.6 Å². The summed E-state index contributed by atoms with van der Waals surface area (Å²) in [6.45, 7) is 0. The van der Waals surface area contributed by atoms with Gasteiger partial charge in [0, 0.05) is 0 Å². The molecule has 0 aliphatic heterocycles. The molecule has 0 fully saturated rings. The lowest BCUT2D eigenvalue weighted by Crippen LogP contribution is -2.22. The third-order valence-electron chi connectivity index (χ3n) is 4.35. The highest BCUT2D eigenvalue weighted by Crippen LogP contribution is 2.37. The van der Waals surface area contributed by atoms with Crippen molar-refractivity contribution < 1.29 is 14.2 Å². The zero-order chi connectivity index (χ0) is 14.8. The molecule has 3 heteroatoms. The maximum Gasteiger partial charge on any atom is 0.168 e. The first-order valence-corrected chi connectivity index (χ1v) is 7.28. The van der Waals surface area contributed by atoms with Crippen LogP contribution in [0.3, 0.4) is 0 Å². The van der Waals surface area contributed by atoms with Gasteiger partial charge in [0.25, 0.3) is 0 Å². The second-order valence-corrected chi connectivity index (χ2v) is 5.58. The van der Waals surface area contributed by atoms with Crippen molar-refractivity contribution in [3.05, 3.63) is 65.0 Å². The monoisotopic (exact) mass is 286 g/mol. The standard InChI is InChI=1S/C18H19FO2/c1-21-16-8-4-6-13(17(16)19)11-14-10-9-12-5-2-3-7-15(12)18(14)20/h2-8,14,18,20H,9-11H2,1H3. The number of rotatable bonds is 3. The molecule has 21 heavy (non-hydrogen) atoms. The van der Waals surface area contributed by atoms with Crippen molar-refractivity contribution in [1.82, 2.24) is 0 Å². The summed E-state index contributed by atoms with van der Waals surface area (Å²) in [6.07, 6.45) is 1.80. The van der Waals surface area contributed by atoms with Crippen molar-refractivity contribution in [2.24, 2.45) is 5.92 Å². The van der Waals surface area contributed by atoms with Crippen molar-refractivity contribution in [1.29, 1.82) is 0 Å². The van der Waals surface area contributed by atoms with Crippen LogP contribution in [0.15, 0.2) is 42.5 Å². The number of ether oxygens (including phenoxy) is 1. The number of aryl methyl sites for hydroxylation is 1. The molecular weight excluding hydrogens is 267 g/mol. The highest BCUT2D eigenvalue weighted by molar-refractivity contribution is 5.34. The summed E-state index contributed by atoms with van der Waals surface area (Å²) in [7, 11) is 1.47. The first kappa shape index (κ1) is 14.1. The molecule has 1 N–H and O–H groups in total. The normalized spacial score (nSPS) is 20.9. The Morgan fingerprint density at radius 2 is 2.00 bits per heavy atom. The number of methoxy groups -OCH3 is 1. The smallest absolute Gasteiger partial charge is 0.168 e. The Hall–Kier alpha value is -1.87. The van der Waals surface area contributed by atoms with Crippen LogP contribution in [0, 0.1) is 11.7 Å². The van der Waals surface area contributed by atoms with Crippen LogP contribution >= 0.6 is 0 Å². The van der Waals surface area contributed by atoms with Crippen LogP contribution in [0.25, 0.3) is 0 Å². The Bertz CT molecular complexity index is 639. The van der Waals surface area contributed by atoms with E-state index in [0.29, 0.717) is 12.0 Å². The molecule has 0 bridgehead atoms. The van der Waals surface area contributed by atoms with Crippen LogP contribution < -0.4 is 4.74 Å². The predicted octanol–water partition coefficient (Wildman–Crippen LogP) is 3.67. The van der Waals surface area contributed by atoms with Crippen molar-refractivity contribution >= 4 is 0 Å². The summed E-state index contributed by atoms with van der Waals surface area (Å²) in [5, 5.41) is 10.5. The number of hydrogen-bond donors (Lipinski definition) is 1. The zero-order valence-electron chi connectivity index (χ0n) is 12.1. The summed E-state index contributed by atoms with van der Waals surface area (Å²) in [6, 6.07) is 13.1. The van der Waals surface area contributed by atoms with E-state index in [0.717, 1.165) is 18.4 Å². The third-order valence-corrected chi connectivity index (χ3v) is 4.35. The van der Waals surface area contributed by atoms with Crippen LogP contribution in [0.4, 0.5) is 4.39 Å². The fourth-order valence-electron chi connectivity index (χ4n) is 3.17. The summed E-state index contributed by atoms with van der Waals surface area (Å²) in [4.78, 5) is 0. The highest BCUT2D eigenvalue weighted by atomic mass is 19.1. The van der Waals surface area contributed by atoms with Gasteiger partial charge in [-0.1, -0.05) is 36.4 Å². The van der Waals surface area contributed by atoms with E-state index in [1.165, 1.54) is 12.7 Å². The summed E-state index contributed by atoms with van der Waals surface area (Å²) >= 11 is 0. The number of hydrogen-bond acceptors (Lipinski definition) is 2. The van der Waals surface area contributed by atoms with Crippen LogP contribution in [-0.4, -0.2) is 12.2 Å². The van der Waals surface area contributed by atoms with Gasteiger partial charge in [0.2, 0.25) is 0 Å². The maximum absolute atomic E-state index is 14.2. The summed E-state index contributed by atoms with van der Waals surface area (Å²) in [5.74, 6) is -0.00855. The van der Waals surface area contributed by atoms with Gasteiger partial charge in [-0.05, 0) is 47.9 Å². The Morgan fingerprint density at radius 1 is 1.19 bits per heavy atom. The predicted molar refractivity (Wildman–Crippen MR) is 79.9 cm³/mol. The van der Waals surface area contributed by atoms with Crippen LogP contribution in [0.2, 0.25) is 0 Å². The topological polar surface area (TPSA) is 29.5 Å². The fraction of sp³-hybridized carbons (Fsp3) is 0.333. The fourth-order valence-corrected chi connectivity index (χ4v) is 3.17. The van der Waals surface area contributed by atoms with Crippen LogP contribution in [-0.2, 0) is 12.8 Å². The number of aliphatic hydroxyl groups is 1. The molecule has 0 saturated carbocycles. The molecule has 1 aliphatic rings. The van der Waals surface area contributed by atoms with Gasteiger partial charge >= 0.3 is 0 Å². The zero-order valence-corrected chi connectivity index (χ0v) is 12.1. The molecule has 2 atom stereocenters. The molecule has 2 aromatic rings. The summed E-state index contributed by atoms with van der Waals surface area (Å²) in [5.41, 5.74) is 2.79. The lowest BCUT2D eigenvalue weighted by Gasteiger charge is -2.30. The minimum absolute atomic E-state index is 0.0431. The molecule has 110 valence electrons. The largest absolute Gasteiger partial charge is 0.494 e. The molecule has 0 heterocycles. The number of benzene rings is 2. The Kier molecular flexibility index (Phi) is 3.93. The first-order valence-electron chi connectivity index (χ1n) is 7.28. The van der Waals surface area contributed by atoms with Gasteiger partial charge in [0.05, 0.1) is 13.2 Å². The van der Waals surface area contributed by atoms with Crippen molar-refractivity contribution in [2.75, 3.05) is 7.11 Å². The summed E-state index contributed by atoms with van der Waals surface area (Å²) < 4.78 is 19.3. The van der Waals surface area contributed by atoms with Gasteiger partial charge in [-0.15, -0.1) is 0 Å². The minimum atomic E-state index is -0.527. The van der Waals surface area contributed by atoms with Gasteiger partial charge in [-0.2, -0.15) is 0 Å². The van der Waals surface area contributed by atoms with Crippen molar-refractivity contribution in [3.63, 3.8) is 0 Å². The van der Waals surface area contributed by atoms with Gasteiger partial charge in [-0.25, -0.2) is 4.39 Å². The van der Waals surface area contributed by atoms with Crippen molar-refractivity contribution in [2.45, 2.75) is 25.4 Å². The Balaban J connectivity index is 1.84. The van der Waals surface area contributed by atoms with Gasteiger partial charge in [-0.3, -0.25) is 0 Å². The lowest BCUT2D eigenvalue weighted by atomic mass is 9.78. The second kappa shape index (κ2) is 5.86. The number of halogens is 1. The van der Waals surface area contributed by atoms with E-state index in [1.807, 2.05) is 18.2 Å². The van der Waals surface area contributed by atoms with E-state index in [2.05, 4.69) is 6.07 Å². The lowest BCUT2D eigenvalue weighted by molar-refractivity contribution is 0.0931. The molecule has 0 spiro atoms. The van der Waals surface area contributed by atoms with Gasteiger partial charge < -0.3 is 9.84 Å². The molecule has 2 nitrogen and oxygen atoms in total. The Morgan fingerprint density at radius 3 is 2.81 bits per heavy atom. The molecule has 0 radical (unpaired) electrons. The van der Waals surface area contributed by atoms with E-state index < -0.39 is 6.10 Å². The molecule has 0 amide bonds. The molecule has 2 unspecified atom stereocenters. The quantitative estimate of drug-likeness (QED) is 0.932. The molecule has 2 aromatic carbocycles. The molecular formula is C18H19FO2. The first-order chi connectivity index (χ1) is 10.2. The number of aliphatic hydroxyl groups excluding tert-OH is 1. The Labute approximate surface area is 124 Å². The van der Waals surface area contributed by atoms with Crippen molar-refractivity contribution in [3.8, 4) is 5.75 Å².